The predicted molar refractivity (Wildman–Crippen MR) is 72.1 cm³/mol. The Labute approximate surface area is 107 Å². The Hall–Kier alpha value is -1.46. The van der Waals surface area contributed by atoms with E-state index < -0.39 is 0 Å². The van der Waals surface area contributed by atoms with Gasteiger partial charge < -0.3 is 5.32 Å². The number of hydrogen-bond acceptors (Lipinski definition) is 1. The number of halogens is 1. The number of carbonyl (C=O) groups is 1. The monoisotopic (exact) mass is 249 g/mol. The second-order valence-electron chi connectivity index (χ2n) is 3.74. The molecule has 0 atom stereocenters. The van der Waals surface area contributed by atoms with E-state index in [2.05, 4.69) is 17.2 Å². The molecular formula is C14H16ClNO. The SMILES string of the molecule is CC#CCCCC(=O)Nc1cccc(Cl)c1C. The fraction of sp³-hybridized carbons (Fsp3) is 0.357. The van der Waals surface area contributed by atoms with Gasteiger partial charge in [0.15, 0.2) is 0 Å². The predicted octanol–water partition coefficient (Wildman–Crippen LogP) is 3.78. The van der Waals surface area contributed by atoms with Crippen LogP contribution in [0.4, 0.5) is 5.69 Å². The Morgan fingerprint density at radius 1 is 1.47 bits per heavy atom. The molecule has 0 saturated heterocycles. The molecule has 2 nitrogen and oxygen atoms in total. The lowest BCUT2D eigenvalue weighted by Gasteiger charge is -2.08. The van der Waals surface area contributed by atoms with Crippen LogP contribution < -0.4 is 5.32 Å². The first-order chi connectivity index (χ1) is 8.15. The summed E-state index contributed by atoms with van der Waals surface area (Å²) in [6.07, 6.45) is 2.03. The fourth-order valence-electron chi connectivity index (χ4n) is 1.42. The second-order valence-corrected chi connectivity index (χ2v) is 4.15. The van der Waals surface area contributed by atoms with Crippen LogP contribution in [0.1, 0.15) is 31.7 Å². The van der Waals surface area contributed by atoms with Gasteiger partial charge in [-0.2, -0.15) is 0 Å². The van der Waals surface area contributed by atoms with Crippen molar-refractivity contribution in [2.75, 3.05) is 5.32 Å². The molecule has 17 heavy (non-hydrogen) atoms. The van der Waals surface area contributed by atoms with Gasteiger partial charge in [0.1, 0.15) is 0 Å². The third kappa shape index (κ3) is 4.50. The number of hydrogen-bond donors (Lipinski definition) is 1. The van der Waals surface area contributed by atoms with Gasteiger partial charge in [0, 0.05) is 23.6 Å². The Morgan fingerprint density at radius 2 is 2.24 bits per heavy atom. The molecule has 1 rings (SSSR count). The summed E-state index contributed by atoms with van der Waals surface area (Å²) in [6, 6.07) is 5.49. The molecule has 0 unspecified atom stereocenters. The third-order valence-corrected chi connectivity index (χ3v) is 2.83. The minimum Gasteiger partial charge on any atom is -0.326 e. The molecule has 1 N–H and O–H groups in total. The van der Waals surface area contributed by atoms with E-state index in [-0.39, 0.29) is 5.91 Å². The highest BCUT2D eigenvalue weighted by atomic mass is 35.5. The van der Waals surface area contributed by atoms with Crippen molar-refractivity contribution in [3.8, 4) is 11.8 Å². The van der Waals surface area contributed by atoms with Gasteiger partial charge in [-0.15, -0.1) is 11.8 Å². The van der Waals surface area contributed by atoms with Crippen molar-refractivity contribution < 1.29 is 4.79 Å². The molecule has 1 aromatic carbocycles. The van der Waals surface area contributed by atoms with Gasteiger partial charge in [-0.05, 0) is 38.0 Å². The van der Waals surface area contributed by atoms with Gasteiger partial charge in [-0.3, -0.25) is 4.79 Å². The Morgan fingerprint density at radius 3 is 2.94 bits per heavy atom. The Kier molecular flexibility index (Phi) is 5.59. The largest absolute Gasteiger partial charge is 0.326 e. The first-order valence-electron chi connectivity index (χ1n) is 5.59. The molecule has 0 fully saturated rings. The van der Waals surface area contributed by atoms with Crippen LogP contribution in [0, 0.1) is 18.8 Å². The molecule has 90 valence electrons. The van der Waals surface area contributed by atoms with Gasteiger partial charge >= 0.3 is 0 Å². The van der Waals surface area contributed by atoms with Crippen molar-refractivity contribution in [1.82, 2.24) is 0 Å². The molecule has 1 amide bonds. The average molecular weight is 250 g/mol. The topological polar surface area (TPSA) is 29.1 Å². The highest BCUT2D eigenvalue weighted by Crippen LogP contribution is 2.23. The van der Waals surface area contributed by atoms with Crippen molar-refractivity contribution in [2.24, 2.45) is 0 Å². The summed E-state index contributed by atoms with van der Waals surface area (Å²) in [4.78, 5) is 11.6. The van der Waals surface area contributed by atoms with Crippen LogP contribution in [0.2, 0.25) is 5.02 Å². The van der Waals surface area contributed by atoms with E-state index in [1.165, 1.54) is 0 Å². The highest BCUT2D eigenvalue weighted by Gasteiger charge is 2.05. The van der Waals surface area contributed by atoms with E-state index in [1.807, 2.05) is 25.1 Å². The first-order valence-corrected chi connectivity index (χ1v) is 5.97. The van der Waals surface area contributed by atoms with Crippen LogP contribution in [-0.4, -0.2) is 5.91 Å². The molecule has 0 spiro atoms. The molecule has 0 aliphatic carbocycles. The number of amides is 1. The van der Waals surface area contributed by atoms with E-state index in [9.17, 15) is 4.79 Å². The van der Waals surface area contributed by atoms with Crippen molar-refractivity contribution in [3.05, 3.63) is 28.8 Å². The van der Waals surface area contributed by atoms with Gasteiger partial charge in [-0.1, -0.05) is 17.7 Å². The maximum absolute atomic E-state index is 11.6. The van der Waals surface area contributed by atoms with Crippen LogP contribution in [0.5, 0.6) is 0 Å². The molecule has 0 aromatic heterocycles. The van der Waals surface area contributed by atoms with E-state index in [1.54, 1.807) is 6.92 Å². The molecule has 1 aromatic rings. The van der Waals surface area contributed by atoms with Gasteiger partial charge in [-0.25, -0.2) is 0 Å². The summed E-state index contributed by atoms with van der Waals surface area (Å²) >= 11 is 5.97. The summed E-state index contributed by atoms with van der Waals surface area (Å²) < 4.78 is 0. The van der Waals surface area contributed by atoms with Crippen LogP contribution >= 0.6 is 11.6 Å². The fourth-order valence-corrected chi connectivity index (χ4v) is 1.59. The van der Waals surface area contributed by atoms with Gasteiger partial charge in [0.25, 0.3) is 0 Å². The quantitative estimate of drug-likeness (QED) is 0.639. The van der Waals surface area contributed by atoms with Crippen molar-refractivity contribution in [3.63, 3.8) is 0 Å². The molecule has 0 radical (unpaired) electrons. The van der Waals surface area contributed by atoms with E-state index in [0.717, 1.165) is 24.1 Å². The minimum absolute atomic E-state index is 0.00766. The maximum Gasteiger partial charge on any atom is 0.224 e. The van der Waals surface area contributed by atoms with E-state index in [0.29, 0.717) is 11.4 Å². The lowest BCUT2D eigenvalue weighted by molar-refractivity contribution is -0.116. The molecule has 0 aliphatic rings. The molecule has 0 bridgehead atoms. The molecular weight excluding hydrogens is 234 g/mol. The lowest BCUT2D eigenvalue weighted by Crippen LogP contribution is -2.11. The van der Waals surface area contributed by atoms with Crippen LogP contribution in [0.3, 0.4) is 0 Å². The number of carbonyl (C=O) groups excluding carboxylic acids is 1. The third-order valence-electron chi connectivity index (χ3n) is 2.42. The van der Waals surface area contributed by atoms with E-state index in [4.69, 9.17) is 11.6 Å². The zero-order valence-electron chi connectivity index (χ0n) is 10.1. The maximum atomic E-state index is 11.6. The number of benzene rings is 1. The summed E-state index contributed by atoms with van der Waals surface area (Å²) in [6.45, 7) is 3.69. The summed E-state index contributed by atoms with van der Waals surface area (Å²) in [5.74, 6) is 5.75. The van der Waals surface area contributed by atoms with Crippen LogP contribution in [0.25, 0.3) is 0 Å². The van der Waals surface area contributed by atoms with Gasteiger partial charge in [0.05, 0.1) is 0 Å². The zero-order valence-corrected chi connectivity index (χ0v) is 10.9. The van der Waals surface area contributed by atoms with E-state index >= 15 is 0 Å². The average Bonchev–Trinajstić information content (AvgIpc) is 2.31. The molecule has 0 aliphatic heterocycles. The Bertz CT molecular complexity index is 457. The van der Waals surface area contributed by atoms with Gasteiger partial charge in [0.2, 0.25) is 5.91 Å². The minimum atomic E-state index is 0.00766. The van der Waals surface area contributed by atoms with Crippen LogP contribution in [-0.2, 0) is 4.79 Å². The van der Waals surface area contributed by atoms with Crippen molar-refractivity contribution >= 4 is 23.2 Å². The zero-order chi connectivity index (χ0) is 12.7. The standard InChI is InChI=1S/C14H16ClNO/c1-3-4-5-6-10-14(17)16-13-9-7-8-12(15)11(13)2/h7-9H,5-6,10H2,1-2H3,(H,16,17). The highest BCUT2D eigenvalue weighted by molar-refractivity contribution is 6.31. The molecule has 0 saturated carbocycles. The van der Waals surface area contributed by atoms with Crippen molar-refractivity contribution in [1.29, 1.82) is 0 Å². The Balaban J connectivity index is 2.50. The summed E-state index contributed by atoms with van der Waals surface area (Å²) in [5, 5.41) is 3.52. The van der Waals surface area contributed by atoms with Crippen LogP contribution in [0.15, 0.2) is 18.2 Å². The normalized spacial score (nSPS) is 9.35. The second kappa shape index (κ2) is 6.98. The first kappa shape index (κ1) is 13.6. The number of anilines is 1. The number of rotatable bonds is 4. The smallest absolute Gasteiger partial charge is 0.224 e. The lowest BCUT2D eigenvalue weighted by atomic mass is 10.2. The number of nitrogens with one attached hydrogen (secondary N) is 1. The molecule has 3 heteroatoms. The number of unbranched alkanes of at least 4 members (excludes halogenated alkanes) is 1. The molecule has 0 heterocycles. The summed E-state index contributed by atoms with van der Waals surface area (Å²) in [5.41, 5.74) is 1.68. The summed E-state index contributed by atoms with van der Waals surface area (Å²) in [7, 11) is 0. The van der Waals surface area contributed by atoms with Crippen molar-refractivity contribution in [2.45, 2.75) is 33.1 Å².